The zero-order valence-electron chi connectivity index (χ0n) is 18.5. The molecule has 3 aromatic rings. The van der Waals surface area contributed by atoms with E-state index in [0.717, 1.165) is 63.9 Å². The average Bonchev–Trinajstić information content (AvgIpc) is 3.00. The molecule has 1 fully saturated rings. The molecule has 3 atom stereocenters. The van der Waals surface area contributed by atoms with E-state index in [1.807, 2.05) is 30.6 Å². The Kier molecular flexibility index (Phi) is 7.83. The highest BCUT2D eigenvalue weighted by molar-refractivity contribution is 9.10. The summed E-state index contributed by atoms with van der Waals surface area (Å²) in [6.45, 7) is 1.38. The van der Waals surface area contributed by atoms with Gasteiger partial charge >= 0.3 is 0 Å². The second-order valence-electron chi connectivity index (χ2n) is 8.73. The van der Waals surface area contributed by atoms with Crippen molar-refractivity contribution >= 4 is 54.4 Å². The zero-order valence-corrected chi connectivity index (χ0v) is 23.3. The lowest BCUT2D eigenvalue weighted by Crippen LogP contribution is -2.48. The van der Waals surface area contributed by atoms with Crippen LogP contribution in [0.15, 0.2) is 57.9 Å². The van der Waals surface area contributed by atoms with Gasteiger partial charge in [-0.15, -0.1) is 0 Å². The van der Waals surface area contributed by atoms with Gasteiger partial charge in [0.15, 0.2) is 0 Å². The first kappa shape index (κ1) is 24.5. The third-order valence-corrected chi connectivity index (χ3v) is 9.29. The Bertz CT molecular complexity index is 1210. The minimum atomic E-state index is -1.24. The standard InChI is InChI=1S/C25H25Br2ClN4OS/c26-19-10-18-7-6-17-11-20(28)12-21(27)23(17)25(24(18)30-15-19)32-9-2-1-5-22(32)34(33)31-14-16-4-3-8-29-13-16/h3-4,8,10-13,15,22,25,31H,1-2,5-7,9,14H2/t22-,25?,34?/m1/s1. The van der Waals surface area contributed by atoms with E-state index in [-0.39, 0.29) is 11.4 Å². The Morgan fingerprint density at radius 1 is 1.15 bits per heavy atom. The zero-order chi connectivity index (χ0) is 23.7. The first-order valence-electron chi connectivity index (χ1n) is 11.4. The Morgan fingerprint density at radius 3 is 2.82 bits per heavy atom. The molecule has 0 radical (unpaired) electrons. The number of hydrogen-bond acceptors (Lipinski definition) is 4. The lowest BCUT2D eigenvalue weighted by Gasteiger charge is -2.41. The minimum absolute atomic E-state index is 0.0957. The maximum Gasteiger partial charge on any atom is 0.110 e. The number of benzene rings is 1. The van der Waals surface area contributed by atoms with Gasteiger partial charge in [0.25, 0.3) is 0 Å². The molecule has 1 saturated heterocycles. The Morgan fingerprint density at radius 2 is 2.00 bits per heavy atom. The highest BCUT2D eigenvalue weighted by Gasteiger charge is 2.39. The first-order chi connectivity index (χ1) is 16.5. The summed E-state index contributed by atoms with van der Waals surface area (Å²) >= 11 is 13.9. The Labute approximate surface area is 224 Å². The van der Waals surface area contributed by atoms with Crippen molar-refractivity contribution in [2.24, 2.45) is 0 Å². The van der Waals surface area contributed by atoms with E-state index in [4.69, 9.17) is 16.6 Å². The Hall–Kier alpha value is -1.16. The maximum absolute atomic E-state index is 13.6. The molecule has 2 unspecified atom stereocenters. The van der Waals surface area contributed by atoms with Gasteiger partial charge in [-0.3, -0.25) is 14.9 Å². The van der Waals surface area contributed by atoms with Crippen molar-refractivity contribution in [2.75, 3.05) is 6.54 Å². The van der Waals surface area contributed by atoms with Crippen LogP contribution in [-0.2, 0) is 30.4 Å². The molecule has 5 nitrogen and oxygen atoms in total. The molecule has 3 heterocycles. The largest absolute Gasteiger partial charge is 0.276 e. The lowest BCUT2D eigenvalue weighted by molar-refractivity contribution is 0.159. The van der Waals surface area contributed by atoms with Crippen molar-refractivity contribution in [1.82, 2.24) is 19.6 Å². The van der Waals surface area contributed by atoms with Crippen molar-refractivity contribution in [3.05, 3.63) is 90.8 Å². The van der Waals surface area contributed by atoms with Crippen LogP contribution < -0.4 is 4.72 Å². The van der Waals surface area contributed by atoms with Crippen LogP contribution in [0.4, 0.5) is 0 Å². The predicted octanol–water partition coefficient (Wildman–Crippen LogP) is 6.11. The van der Waals surface area contributed by atoms with Gasteiger partial charge < -0.3 is 0 Å². The molecule has 9 heteroatoms. The SMILES string of the molecule is O=S(NCc1cccnc1)[C@@H]1CCCCN1C1c2ncc(Br)cc2CCc2cc(Cl)cc(Br)c21. The fourth-order valence-corrected chi connectivity index (χ4v) is 7.84. The summed E-state index contributed by atoms with van der Waals surface area (Å²) in [5, 5.41) is 0.601. The number of likely N-dealkylation sites (tertiary alicyclic amines) is 1. The maximum atomic E-state index is 13.6. The topological polar surface area (TPSA) is 58.1 Å². The van der Waals surface area contributed by atoms with Gasteiger partial charge in [-0.05, 0) is 94.6 Å². The number of aryl methyl sites for hydroxylation is 2. The van der Waals surface area contributed by atoms with E-state index in [1.165, 1.54) is 16.7 Å². The van der Waals surface area contributed by atoms with Gasteiger partial charge in [-0.2, -0.15) is 0 Å². The lowest BCUT2D eigenvalue weighted by atomic mass is 9.94. The van der Waals surface area contributed by atoms with Crippen LogP contribution in [-0.4, -0.2) is 31.0 Å². The highest BCUT2D eigenvalue weighted by atomic mass is 79.9. The van der Waals surface area contributed by atoms with E-state index in [2.05, 4.69) is 58.6 Å². The van der Waals surface area contributed by atoms with Crippen molar-refractivity contribution in [1.29, 1.82) is 0 Å². The minimum Gasteiger partial charge on any atom is -0.276 e. The van der Waals surface area contributed by atoms with Gasteiger partial charge in [-0.25, -0.2) is 8.93 Å². The molecule has 0 saturated carbocycles. The molecule has 0 amide bonds. The molecule has 34 heavy (non-hydrogen) atoms. The summed E-state index contributed by atoms with van der Waals surface area (Å²) < 4.78 is 18.8. The summed E-state index contributed by atoms with van der Waals surface area (Å²) in [5.41, 5.74) is 5.69. The Balaban J connectivity index is 1.54. The quantitative estimate of drug-likeness (QED) is 0.373. The van der Waals surface area contributed by atoms with E-state index >= 15 is 0 Å². The fraction of sp³-hybridized carbons (Fsp3) is 0.360. The van der Waals surface area contributed by atoms with Gasteiger partial charge in [0.05, 0.1) is 11.7 Å². The third kappa shape index (κ3) is 5.18. The van der Waals surface area contributed by atoms with Crippen LogP contribution >= 0.6 is 43.5 Å². The predicted molar refractivity (Wildman–Crippen MR) is 144 cm³/mol. The molecule has 1 N–H and O–H groups in total. The van der Waals surface area contributed by atoms with Crippen LogP contribution in [0.2, 0.25) is 5.02 Å². The molecule has 5 rings (SSSR count). The number of rotatable bonds is 5. The number of piperidine rings is 1. The smallest absolute Gasteiger partial charge is 0.110 e. The summed E-state index contributed by atoms with van der Waals surface area (Å²) in [7, 11) is -1.24. The second-order valence-corrected chi connectivity index (χ2v) is 12.4. The van der Waals surface area contributed by atoms with Crippen molar-refractivity contribution in [2.45, 2.75) is 50.1 Å². The van der Waals surface area contributed by atoms with E-state index in [0.29, 0.717) is 6.54 Å². The fourth-order valence-electron chi connectivity index (χ4n) is 5.02. The average molecular weight is 625 g/mol. The van der Waals surface area contributed by atoms with E-state index < -0.39 is 11.0 Å². The molecule has 1 aliphatic heterocycles. The number of aromatic nitrogens is 2. The van der Waals surface area contributed by atoms with Crippen LogP contribution in [0.5, 0.6) is 0 Å². The molecule has 2 aliphatic rings. The second kappa shape index (κ2) is 10.8. The molecule has 0 spiro atoms. The van der Waals surface area contributed by atoms with Crippen LogP contribution in [0.3, 0.4) is 0 Å². The number of halogens is 3. The number of nitrogens with one attached hydrogen (secondary N) is 1. The van der Waals surface area contributed by atoms with Crippen molar-refractivity contribution < 1.29 is 4.21 Å². The monoisotopic (exact) mass is 622 g/mol. The number of pyridine rings is 2. The van der Waals surface area contributed by atoms with Gasteiger partial charge in [0, 0.05) is 45.6 Å². The molecule has 0 bridgehead atoms. The highest BCUT2D eigenvalue weighted by Crippen LogP contribution is 2.43. The number of nitrogens with zero attached hydrogens (tertiary/aromatic N) is 3. The van der Waals surface area contributed by atoms with E-state index in [1.54, 1.807) is 6.20 Å². The molecule has 178 valence electrons. The van der Waals surface area contributed by atoms with Crippen LogP contribution in [0, 0.1) is 0 Å². The molecule has 1 aliphatic carbocycles. The van der Waals surface area contributed by atoms with Crippen molar-refractivity contribution in [3.8, 4) is 0 Å². The van der Waals surface area contributed by atoms with Gasteiger partial charge in [0.1, 0.15) is 16.4 Å². The summed E-state index contributed by atoms with van der Waals surface area (Å²) in [6.07, 6.45) is 10.2. The van der Waals surface area contributed by atoms with E-state index in [9.17, 15) is 4.21 Å². The molecular formula is C25H25Br2ClN4OS. The third-order valence-electron chi connectivity index (χ3n) is 6.55. The molecule has 2 aromatic heterocycles. The van der Waals surface area contributed by atoms with Crippen molar-refractivity contribution in [3.63, 3.8) is 0 Å². The van der Waals surface area contributed by atoms with Crippen LogP contribution in [0.25, 0.3) is 0 Å². The summed E-state index contributed by atoms with van der Waals surface area (Å²) in [4.78, 5) is 11.5. The van der Waals surface area contributed by atoms with Gasteiger partial charge in [-0.1, -0.05) is 33.6 Å². The van der Waals surface area contributed by atoms with Gasteiger partial charge in [0.2, 0.25) is 0 Å². The first-order valence-corrected chi connectivity index (χ1v) is 14.6. The van der Waals surface area contributed by atoms with Crippen LogP contribution in [0.1, 0.15) is 53.3 Å². The number of fused-ring (bicyclic) bond motifs is 2. The molecule has 1 aromatic carbocycles. The normalized spacial score (nSPS) is 21.4. The number of hydrogen-bond donors (Lipinski definition) is 1. The summed E-state index contributed by atoms with van der Waals surface area (Å²) in [6, 6.07) is 10.0. The summed E-state index contributed by atoms with van der Waals surface area (Å²) in [5.74, 6) is 0. The molecular weight excluding hydrogens is 600 g/mol.